The lowest BCUT2D eigenvalue weighted by molar-refractivity contribution is -0.143. The number of nitrogens with two attached hydrogens (primary N) is 1. The van der Waals surface area contributed by atoms with Crippen LogP contribution in [0.2, 0.25) is 0 Å². The molecule has 0 radical (unpaired) electrons. The number of amides is 3. The van der Waals surface area contributed by atoms with Gasteiger partial charge in [-0.15, -0.1) is 0 Å². The number of carboxylic acids is 1. The molecule has 0 saturated carbocycles. The quantitative estimate of drug-likeness (QED) is 0.166. The highest BCUT2D eigenvalue weighted by molar-refractivity contribution is 7.81. The molecule has 0 saturated heterocycles. The van der Waals surface area contributed by atoms with E-state index in [9.17, 15) is 29.4 Å². The summed E-state index contributed by atoms with van der Waals surface area (Å²) in [6.07, 6.45) is 0.244. The minimum Gasteiger partial charge on any atom is -0.508 e. The van der Waals surface area contributed by atoms with Crippen LogP contribution in [0.25, 0.3) is 0 Å². The Morgan fingerprint density at radius 3 is 1.89 bits per heavy atom. The Hall–Kier alpha value is -3.22. The molecule has 3 amide bonds. The third kappa shape index (κ3) is 9.58. The third-order valence-electron chi connectivity index (χ3n) is 5.70. The van der Waals surface area contributed by atoms with Crippen LogP contribution in [-0.4, -0.2) is 68.6 Å². The summed E-state index contributed by atoms with van der Waals surface area (Å²) in [6, 6.07) is 10.5. The van der Waals surface area contributed by atoms with E-state index in [1.54, 1.807) is 56.3 Å². The molecule has 0 aliphatic heterocycles. The summed E-state index contributed by atoms with van der Waals surface area (Å²) in [5.74, 6) is -3.26. The highest BCUT2D eigenvalue weighted by atomic mass is 32.1. The van der Waals surface area contributed by atoms with Crippen LogP contribution in [0, 0.1) is 0 Å². The fourth-order valence-electron chi connectivity index (χ4n) is 3.57. The smallest absolute Gasteiger partial charge is 0.327 e. The van der Waals surface area contributed by atoms with Crippen molar-refractivity contribution in [1.29, 1.82) is 0 Å². The molecule has 0 bridgehead atoms. The summed E-state index contributed by atoms with van der Waals surface area (Å²) in [4.78, 5) is 50.7. The van der Waals surface area contributed by atoms with Gasteiger partial charge < -0.3 is 31.9 Å². The van der Waals surface area contributed by atoms with Crippen LogP contribution in [0.1, 0.15) is 25.0 Å². The fraction of sp³-hybridized carbons (Fsp3) is 0.385. The first kappa shape index (κ1) is 31.0. The topological polar surface area (TPSA) is 171 Å². The third-order valence-corrected chi connectivity index (χ3v) is 6.32. The van der Waals surface area contributed by atoms with Gasteiger partial charge in [0, 0.05) is 16.9 Å². The van der Waals surface area contributed by atoms with Crippen molar-refractivity contribution in [2.75, 3.05) is 5.75 Å². The molecule has 0 heterocycles. The van der Waals surface area contributed by atoms with Crippen LogP contribution >= 0.6 is 25.3 Å². The molecule has 0 unspecified atom stereocenters. The minimum absolute atomic E-state index is 0.0748. The van der Waals surface area contributed by atoms with Gasteiger partial charge in [0.15, 0.2) is 0 Å². The Kier molecular flexibility index (Phi) is 11.5. The first-order valence-corrected chi connectivity index (χ1v) is 12.9. The van der Waals surface area contributed by atoms with Gasteiger partial charge in [-0.05, 0) is 43.5 Å². The SMILES string of the molecule is CC(C)(S)[C@@H](NC(=O)[C@H](Cc1ccccc1)NC(=O)[C@@H](CS)NC(=O)[C@H](N)Cc1ccc(O)cc1)C(=O)O. The van der Waals surface area contributed by atoms with Crippen LogP contribution < -0.4 is 21.7 Å². The summed E-state index contributed by atoms with van der Waals surface area (Å²) in [5, 5.41) is 26.6. The zero-order valence-corrected chi connectivity index (χ0v) is 22.9. The highest BCUT2D eigenvalue weighted by Crippen LogP contribution is 2.18. The zero-order chi connectivity index (χ0) is 28.5. The standard InChI is InChI=1S/C26H34N4O6S2/c1-26(2,38)21(25(35)36)30-23(33)19(13-15-6-4-3-5-7-15)28-24(34)20(14-37)29-22(32)18(27)12-16-8-10-17(31)11-9-16/h3-11,18-21,31,37-38H,12-14,27H2,1-2H3,(H,28,34)(H,29,32)(H,30,33)(H,35,36)/t18-,19+,20-,21+/m1/s1. The number of phenolic OH excluding ortho intramolecular Hbond substituents is 1. The summed E-state index contributed by atoms with van der Waals surface area (Å²) in [7, 11) is 0. The normalized spacial score (nSPS) is 14.4. The van der Waals surface area contributed by atoms with Crippen LogP contribution in [0.4, 0.5) is 0 Å². The molecule has 0 aromatic heterocycles. The summed E-state index contributed by atoms with van der Waals surface area (Å²) >= 11 is 8.45. The molecule has 38 heavy (non-hydrogen) atoms. The van der Waals surface area contributed by atoms with E-state index in [0.717, 1.165) is 11.1 Å². The maximum atomic E-state index is 13.1. The lowest BCUT2D eigenvalue weighted by atomic mass is 10.0. The zero-order valence-electron chi connectivity index (χ0n) is 21.1. The van der Waals surface area contributed by atoms with E-state index in [1.807, 2.05) is 0 Å². The van der Waals surface area contributed by atoms with Crippen molar-refractivity contribution < 1.29 is 29.4 Å². The largest absolute Gasteiger partial charge is 0.508 e. The number of hydrogen-bond donors (Lipinski definition) is 8. The number of thiol groups is 2. The molecule has 2 aromatic carbocycles. The summed E-state index contributed by atoms with van der Waals surface area (Å²) < 4.78 is -1.09. The monoisotopic (exact) mass is 562 g/mol. The number of phenols is 1. The van der Waals surface area contributed by atoms with Crippen LogP contribution in [-0.2, 0) is 32.0 Å². The summed E-state index contributed by atoms with van der Waals surface area (Å²) in [6.45, 7) is 3.10. The van der Waals surface area contributed by atoms with Crippen LogP contribution in [0.5, 0.6) is 5.75 Å². The van der Waals surface area contributed by atoms with Crippen molar-refractivity contribution >= 4 is 48.9 Å². The number of carbonyl (C=O) groups excluding carboxylic acids is 3. The maximum absolute atomic E-state index is 13.1. The van der Waals surface area contributed by atoms with E-state index in [2.05, 4.69) is 41.2 Å². The van der Waals surface area contributed by atoms with Gasteiger partial charge in [-0.3, -0.25) is 14.4 Å². The van der Waals surface area contributed by atoms with E-state index in [4.69, 9.17) is 5.73 Å². The van der Waals surface area contributed by atoms with E-state index in [-0.39, 0.29) is 24.3 Å². The Morgan fingerprint density at radius 2 is 1.37 bits per heavy atom. The van der Waals surface area contributed by atoms with E-state index in [1.165, 1.54) is 12.1 Å². The molecule has 2 rings (SSSR count). The Labute approximate surface area is 232 Å². The van der Waals surface area contributed by atoms with Gasteiger partial charge >= 0.3 is 5.97 Å². The number of hydrogen-bond acceptors (Lipinski definition) is 8. The van der Waals surface area contributed by atoms with Crippen molar-refractivity contribution in [3.05, 3.63) is 65.7 Å². The van der Waals surface area contributed by atoms with Gasteiger partial charge in [-0.2, -0.15) is 25.3 Å². The van der Waals surface area contributed by atoms with Crippen molar-refractivity contribution in [1.82, 2.24) is 16.0 Å². The number of nitrogens with one attached hydrogen (secondary N) is 3. The molecular weight excluding hydrogens is 528 g/mol. The molecular formula is C26H34N4O6S2. The second-order valence-electron chi connectivity index (χ2n) is 9.41. The average molecular weight is 563 g/mol. The number of aromatic hydroxyl groups is 1. The van der Waals surface area contributed by atoms with Gasteiger partial charge in [0.1, 0.15) is 23.9 Å². The minimum atomic E-state index is -1.33. The van der Waals surface area contributed by atoms with Crippen molar-refractivity contribution in [2.45, 2.75) is 55.6 Å². The summed E-state index contributed by atoms with van der Waals surface area (Å²) in [5.41, 5.74) is 7.46. The number of rotatable bonds is 13. The van der Waals surface area contributed by atoms with Gasteiger partial charge in [0.25, 0.3) is 0 Å². The van der Waals surface area contributed by atoms with Crippen LogP contribution in [0.15, 0.2) is 54.6 Å². The molecule has 0 fully saturated rings. The molecule has 12 heteroatoms. The molecule has 206 valence electrons. The molecule has 0 aliphatic rings. The number of carboxylic acid groups (broad SMARTS) is 1. The van der Waals surface area contributed by atoms with Crippen molar-refractivity contribution in [3.8, 4) is 5.75 Å². The molecule has 10 nitrogen and oxygen atoms in total. The molecule has 2 aromatic rings. The first-order valence-electron chi connectivity index (χ1n) is 11.9. The maximum Gasteiger partial charge on any atom is 0.327 e. The molecule has 7 N–H and O–H groups in total. The van der Waals surface area contributed by atoms with E-state index in [0.29, 0.717) is 0 Å². The Balaban J connectivity index is 2.14. The number of benzene rings is 2. The van der Waals surface area contributed by atoms with Gasteiger partial charge in [0.05, 0.1) is 6.04 Å². The van der Waals surface area contributed by atoms with E-state index < -0.39 is 52.6 Å². The lowest BCUT2D eigenvalue weighted by Gasteiger charge is -2.29. The van der Waals surface area contributed by atoms with Gasteiger partial charge in [-0.25, -0.2) is 4.79 Å². The predicted molar refractivity (Wildman–Crippen MR) is 150 cm³/mol. The van der Waals surface area contributed by atoms with Crippen LogP contribution in [0.3, 0.4) is 0 Å². The molecule has 0 aliphatic carbocycles. The lowest BCUT2D eigenvalue weighted by Crippen LogP contribution is -2.60. The number of carbonyl (C=O) groups is 4. The average Bonchev–Trinajstić information content (AvgIpc) is 2.86. The molecule has 4 atom stereocenters. The highest BCUT2D eigenvalue weighted by Gasteiger charge is 2.36. The van der Waals surface area contributed by atoms with Gasteiger partial charge in [-0.1, -0.05) is 42.5 Å². The Morgan fingerprint density at radius 1 is 0.842 bits per heavy atom. The van der Waals surface area contributed by atoms with E-state index >= 15 is 0 Å². The second-order valence-corrected chi connectivity index (χ2v) is 10.9. The Bertz CT molecular complexity index is 1110. The number of aliphatic carboxylic acids is 1. The van der Waals surface area contributed by atoms with Crippen molar-refractivity contribution in [3.63, 3.8) is 0 Å². The molecule has 0 spiro atoms. The van der Waals surface area contributed by atoms with Crippen molar-refractivity contribution in [2.24, 2.45) is 5.73 Å². The van der Waals surface area contributed by atoms with Gasteiger partial charge in [0.2, 0.25) is 17.7 Å². The second kappa shape index (κ2) is 14.1. The first-order chi connectivity index (χ1) is 17.8. The fourth-order valence-corrected chi connectivity index (χ4v) is 4.00. The predicted octanol–water partition coefficient (Wildman–Crippen LogP) is 0.682.